The molecule has 1 fully saturated rings. The van der Waals surface area contributed by atoms with Gasteiger partial charge in [-0.3, -0.25) is 9.52 Å². The SMILES string of the molecule is O=C(NC1CCSCC1)c1ccc(NS(=O)(=O)c2ccc(F)c(F)c2)cc1. The van der Waals surface area contributed by atoms with Gasteiger partial charge in [0.1, 0.15) is 0 Å². The van der Waals surface area contributed by atoms with E-state index in [0.29, 0.717) is 11.6 Å². The van der Waals surface area contributed by atoms with Crippen LogP contribution in [0.25, 0.3) is 0 Å². The number of sulfonamides is 1. The van der Waals surface area contributed by atoms with Gasteiger partial charge in [-0.15, -0.1) is 0 Å². The van der Waals surface area contributed by atoms with E-state index in [9.17, 15) is 22.0 Å². The minimum atomic E-state index is -4.07. The molecule has 1 aliphatic rings. The summed E-state index contributed by atoms with van der Waals surface area (Å²) in [5, 5.41) is 2.97. The highest BCUT2D eigenvalue weighted by Crippen LogP contribution is 2.20. The van der Waals surface area contributed by atoms with Crippen LogP contribution in [-0.2, 0) is 10.0 Å². The molecule has 1 heterocycles. The number of amides is 1. The third-order valence-corrected chi connectivity index (χ3v) is 6.58. The van der Waals surface area contributed by atoms with Crippen molar-refractivity contribution < 1.29 is 22.0 Å². The quantitative estimate of drug-likeness (QED) is 0.789. The van der Waals surface area contributed by atoms with Crippen molar-refractivity contribution in [3.63, 3.8) is 0 Å². The maximum atomic E-state index is 13.3. The van der Waals surface area contributed by atoms with Crippen molar-refractivity contribution >= 4 is 33.4 Å². The highest BCUT2D eigenvalue weighted by molar-refractivity contribution is 7.99. The number of thioether (sulfide) groups is 1. The molecule has 0 saturated carbocycles. The normalized spacial score (nSPS) is 15.3. The van der Waals surface area contributed by atoms with E-state index in [0.717, 1.165) is 36.5 Å². The number of benzene rings is 2. The summed E-state index contributed by atoms with van der Waals surface area (Å²) in [6.07, 6.45) is 1.87. The van der Waals surface area contributed by atoms with Crippen molar-refractivity contribution in [1.29, 1.82) is 0 Å². The van der Waals surface area contributed by atoms with Crippen molar-refractivity contribution in [2.24, 2.45) is 0 Å². The molecule has 27 heavy (non-hydrogen) atoms. The van der Waals surface area contributed by atoms with Crippen LogP contribution in [0.4, 0.5) is 14.5 Å². The molecule has 0 spiro atoms. The fourth-order valence-electron chi connectivity index (χ4n) is 2.66. The standard InChI is InChI=1S/C18H18F2N2O3S2/c19-16-6-5-15(11-17(16)20)27(24,25)22-14-3-1-12(2-4-14)18(23)21-13-7-9-26-10-8-13/h1-6,11,13,22H,7-10H2,(H,21,23). The van der Waals surface area contributed by atoms with Crippen LogP contribution in [0.15, 0.2) is 47.4 Å². The Hall–Kier alpha value is -2.13. The molecular formula is C18H18F2N2O3S2. The van der Waals surface area contributed by atoms with Gasteiger partial charge in [0.05, 0.1) is 4.90 Å². The molecule has 1 saturated heterocycles. The summed E-state index contributed by atoms with van der Waals surface area (Å²) in [5.41, 5.74) is 0.634. The summed E-state index contributed by atoms with van der Waals surface area (Å²) in [6, 6.07) is 8.41. The number of anilines is 1. The molecule has 1 amide bonds. The molecule has 2 N–H and O–H groups in total. The maximum Gasteiger partial charge on any atom is 0.261 e. The number of halogens is 2. The molecular weight excluding hydrogens is 394 g/mol. The van der Waals surface area contributed by atoms with Gasteiger partial charge in [-0.05, 0) is 66.8 Å². The first kappa shape index (κ1) is 19.6. The summed E-state index contributed by atoms with van der Waals surface area (Å²) < 4.78 is 53.0. The molecule has 0 aliphatic carbocycles. The molecule has 0 atom stereocenters. The molecule has 5 nitrogen and oxygen atoms in total. The number of carbonyl (C=O) groups is 1. The van der Waals surface area contributed by atoms with Crippen molar-refractivity contribution in [3.8, 4) is 0 Å². The largest absolute Gasteiger partial charge is 0.349 e. The molecule has 9 heteroatoms. The van der Waals surface area contributed by atoms with Gasteiger partial charge in [0, 0.05) is 17.3 Å². The average molecular weight is 412 g/mol. The molecule has 0 aromatic heterocycles. The van der Waals surface area contributed by atoms with E-state index >= 15 is 0 Å². The van der Waals surface area contributed by atoms with Crippen LogP contribution in [-0.4, -0.2) is 31.9 Å². The Morgan fingerprint density at radius 3 is 2.30 bits per heavy atom. The Balaban J connectivity index is 1.67. The fraction of sp³-hybridized carbons (Fsp3) is 0.278. The molecule has 2 aromatic rings. The van der Waals surface area contributed by atoms with E-state index in [1.165, 1.54) is 24.3 Å². The van der Waals surface area contributed by atoms with Crippen LogP contribution in [0.5, 0.6) is 0 Å². The second kappa shape index (κ2) is 8.26. The topological polar surface area (TPSA) is 75.3 Å². The third kappa shape index (κ3) is 4.98. The van der Waals surface area contributed by atoms with Crippen LogP contribution in [0, 0.1) is 11.6 Å². The predicted octanol–water partition coefficient (Wildman–Crippen LogP) is 3.39. The Morgan fingerprint density at radius 1 is 1.00 bits per heavy atom. The Bertz CT molecular complexity index is 928. The summed E-state index contributed by atoms with van der Waals surface area (Å²) >= 11 is 1.87. The summed E-state index contributed by atoms with van der Waals surface area (Å²) in [7, 11) is -4.07. The van der Waals surface area contributed by atoms with Gasteiger partial charge in [0.15, 0.2) is 11.6 Å². The number of nitrogens with one attached hydrogen (secondary N) is 2. The van der Waals surface area contributed by atoms with Gasteiger partial charge in [0.2, 0.25) is 0 Å². The van der Waals surface area contributed by atoms with Crippen molar-refractivity contribution in [2.75, 3.05) is 16.2 Å². The van der Waals surface area contributed by atoms with Gasteiger partial charge in [0.25, 0.3) is 15.9 Å². The molecule has 2 aromatic carbocycles. The molecule has 0 radical (unpaired) electrons. The zero-order valence-electron chi connectivity index (χ0n) is 14.2. The number of hydrogen-bond donors (Lipinski definition) is 2. The number of carbonyl (C=O) groups excluding carboxylic acids is 1. The Kier molecular flexibility index (Phi) is 6.01. The first-order chi connectivity index (χ1) is 12.8. The van der Waals surface area contributed by atoms with E-state index in [4.69, 9.17) is 0 Å². The first-order valence-corrected chi connectivity index (χ1v) is 11.0. The molecule has 0 unspecified atom stereocenters. The smallest absolute Gasteiger partial charge is 0.261 e. The lowest BCUT2D eigenvalue weighted by Gasteiger charge is -2.22. The van der Waals surface area contributed by atoms with Gasteiger partial charge in [-0.2, -0.15) is 11.8 Å². The Labute approximate surface area is 160 Å². The highest BCUT2D eigenvalue weighted by atomic mass is 32.2. The fourth-order valence-corrected chi connectivity index (χ4v) is 4.83. The van der Waals surface area contributed by atoms with Gasteiger partial charge in [-0.1, -0.05) is 0 Å². The van der Waals surface area contributed by atoms with Crippen molar-refractivity contribution in [3.05, 3.63) is 59.7 Å². The lowest BCUT2D eigenvalue weighted by Crippen LogP contribution is -2.37. The second-order valence-corrected chi connectivity index (χ2v) is 9.03. The van der Waals surface area contributed by atoms with Gasteiger partial charge in [-0.25, -0.2) is 17.2 Å². The zero-order chi connectivity index (χ0) is 19.4. The van der Waals surface area contributed by atoms with Crippen LogP contribution in [0.2, 0.25) is 0 Å². The zero-order valence-corrected chi connectivity index (χ0v) is 15.9. The van der Waals surface area contributed by atoms with E-state index in [2.05, 4.69) is 10.0 Å². The molecule has 3 rings (SSSR count). The van der Waals surface area contributed by atoms with Crippen LogP contribution in [0.1, 0.15) is 23.2 Å². The van der Waals surface area contributed by atoms with Crippen LogP contribution < -0.4 is 10.0 Å². The Morgan fingerprint density at radius 2 is 1.67 bits per heavy atom. The van der Waals surface area contributed by atoms with Crippen LogP contribution >= 0.6 is 11.8 Å². The second-order valence-electron chi connectivity index (χ2n) is 6.12. The number of hydrogen-bond acceptors (Lipinski definition) is 4. The lowest BCUT2D eigenvalue weighted by molar-refractivity contribution is 0.0935. The van der Waals surface area contributed by atoms with E-state index in [1.807, 2.05) is 11.8 Å². The molecule has 0 bridgehead atoms. The molecule has 144 valence electrons. The van der Waals surface area contributed by atoms with Crippen molar-refractivity contribution in [1.82, 2.24) is 5.32 Å². The first-order valence-electron chi connectivity index (χ1n) is 8.32. The minimum absolute atomic E-state index is 0.158. The average Bonchev–Trinajstić information content (AvgIpc) is 2.65. The third-order valence-electron chi connectivity index (χ3n) is 4.16. The van der Waals surface area contributed by atoms with Gasteiger partial charge >= 0.3 is 0 Å². The highest BCUT2D eigenvalue weighted by Gasteiger charge is 2.18. The van der Waals surface area contributed by atoms with Gasteiger partial charge < -0.3 is 5.32 Å². The van der Waals surface area contributed by atoms with Crippen LogP contribution in [0.3, 0.4) is 0 Å². The summed E-state index contributed by atoms with van der Waals surface area (Å²) in [6.45, 7) is 0. The summed E-state index contributed by atoms with van der Waals surface area (Å²) in [4.78, 5) is 11.9. The van der Waals surface area contributed by atoms with E-state index in [-0.39, 0.29) is 17.6 Å². The maximum absolute atomic E-state index is 13.3. The summed E-state index contributed by atoms with van der Waals surface area (Å²) in [5.74, 6) is -0.528. The predicted molar refractivity (Wildman–Crippen MR) is 101 cm³/mol. The van der Waals surface area contributed by atoms with E-state index in [1.54, 1.807) is 0 Å². The molecule has 1 aliphatic heterocycles. The lowest BCUT2D eigenvalue weighted by atomic mass is 10.1. The van der Waals surface area contributed by atoms with Crippen molar-refractivity contribution in [2.45, 2.75) is 23.8 Å². The number of rotatable bonds is 5. The van der Waals surface area contributed by atoms with E-state index < -0.39 is 26.6 Å². The minimum Gasteiger partial charge on any atom is -0.349 e. The monoisotopic (exact) mass is 412 g/mol.